The van der Waals surface area contributed by atoms with Gasteiger partial charge in [-0.25, -0.2) is 4.98 Å². The standard InChI is InChI=1S/C14H17N3O/c1-2-13(16-9-12-4-7-18-10-12)8-14(3-1)17-6-5-15-11-17/h1-3,5-6,8,11-12,16H,4,7,9-10H2. The lowest BCUT2D eigenvalue weighted by Gasteiger charge is -2.12. The molecule has 4 nitrogen and oxygen atoms in total. The van der Waals surface area contributed by atoms with Crippen molar-refractivity contribution in [2.24, 2.45) is 5.92 Å². The summed E-state index contributed by atoms with van der Waals surface area (Å²) >= 11 is 0. The van der Waals surface area contributed by atoms with Gasteiger partial charge in [0.15, 0.2) is 0 Å². The summed E-state index contributed by atoms with van der Waals surface area (Å²) in [6.45, 7) is 2.77. The summed E-state index contributed by atoms with van der Waals surface area (Å²) in [6, 6.07) is 8.36. The van der Waals surface area contributed by atoms with E-state index in [1.54, 1.807) is 6.20 Å². The molecule has 1 N–H and O–H groups in total. The SMILES string of the molecule is c1cc(NCC2CCOC2)cc(-n2ccnc2)c1. The Bertz CT molecular complexity index is 490. The molecule has 0 bridgehead atoms. The van der Waals surface area contributed by atoms with E-state index in [0.29, 0.717) is 5.92 Å². The van der Waals surface area contributed by atoms with Crippen LogP contribution in [0.25, 0.3) is 5.69 Å². The molecule has 1 saturated heterocycles. The summed E-state index contributed by atoms with van der Waals surface area (Å²) in [5, 5.41) is 3.48. The van der Waals surface area contributed by atoms with Crippen molar-refractivity contribution in [2.45, 2.75) is 6.42 Å². The van der Waals surface area contributed by atoms with Gasteiger partial charge in [0.05, 0.1) is 12.9 Å². The average Bonchev–Trinajstić information content (AvgIpc) is 3.10. The smallest absolute Gasteiger partial charge is 0.0991 e. The highest BCUT2D eigenvalue weighted by atomic mass is 16.5. The van der Waals surface area contributed by atoms with Crippen LogP contribution in [0.15, 0.2) is 43.0 Å². The first kappa shape index (κ1) is 11.3. The van der Waals surface area contributed by atoms with Crippen LogP contribution in [0.4, 0.5) is 5.69 Å². The third kappa shape index (κ3) is 2.54. The minimum atomic E-state index is 0.641. The summed E-state index contributed by atoms with van der Waals surface area (Å²) in [7, 11) is 0. The van der Waals surface area contributed by atoms with E-state index in [4.69, 9.17) is 4.74 Å². The van der Waals surface area contributed by atoms with E-state index in [0.717, 1.165) is 37.6 Å². The second kappa shape index (κ2) is 5.23. The highest BCUT2D eigenvalue weighted by molar-refractivity contribution is 5.51. The van der Waals surface area contributed by atoms with E-state index >= 15 is 0 Å². The van der Waals surface area contributed by atoms with Crippen LogP contribution in [-0.2, 0) is 4.74 Å². The molecule has 1 unspecified atom stereocenters. The summed E-state index contributed by atoms with van der Waals surface area (Å²) in [6.07, 6.45) is 6.71. The van der Waals surface area contributed by atoms with Crippen molar-refractivity contribution in [3.05, 3.63) is 43.0 Å². The molecule has 0 aliphatic carbocycles. The lowest BCUT2D eigenvalue weighted by molar-refractivity contribution is 0.187. The molecule has 94 valence electrons. The van der Waals surface area contributed by atoms with Gasteiger partial charge in [0.2, 0.25) is 0 Å². The van der Waals surface area contributed by atoms with Crippen molar-refractivity contribution in [1.29, 1.82) is 0 Å². The van der Waals surface area contributed by atoms with E-state index in [9.17, 15) is 0 Å². The third-order valence-electron chi connectivity index (χ3n) is 3.27. The minimum absolute atomic E-state index is 0.641. The van der Waals surface area contributed by atoms with Gasteiger partial charge in [-0.05, 0) is 24.6 Å². The Morgan fingerprint density at radius 2 is 2.44 bits per heavy atom. The molecule has 4 heteroatoms. The summed E-state index contributed by atoms with van der Waals surface area (Å²) in [5.41, 5.74) is 2.27. The zero-order valence-corrected chi connectivity index (χ0v) is 10.2. The van der Waals surface area contributed by atoms with Gasteiger partial charge in [-0.15, -0.1) is 0 Å². The van der Waals surface area contributed by atoms with E-state index < -0.39 is 0 Å². The molecule has 0 saturated carbocycles. The molecule has 1 aliphatic heterocycles. The normalized spacial score (nSPS) is 19.0. The number of hydrogen-bond donors (Lipinski definition) is 1. The Morgan fingerprint density at radius 1 is 1.44 bits per heavy atom. The van der Waals surface area contributed by atoms with Gasteiger partial charge < -0.3 is 14.6 Å². The zero-order valence-electron chi connectivity index (χ0n) is 10.2. The zero-order chi connectivity index (χ0) is 12.2. The lowest BCUT2D eigenvalue weighted by atomic mass is 10.1. The molecule has 1 aromatic carbocycles. The Balaban J connectivity index is 1.67. The Labute approximate surface area is 107 Å². The number of anilines is 1. The van der Waals surface area contributed by atoms with E-state index in [-0.39, 0.29) is 0 Å². The fourth-order valence-corrected chi connectivity index (χ4v) is 2.19. The van der Waals surface area contributed by atoms with Crippen LogP contribution in [0.5, 0.6) is 0 Å². The first-order valence-electron chi connectivity index (χ1n) is 6.32. The number of aromatic nitrogens is 2. The summed E-state index contributed by atoms with van der Waals surface area (Å²) in [5.74, 6) is 0.641. The van der Waals surface area contributed by atoms with Gasteiger partial charge in [0.1, 0.15) is 0 Å². The molecule has 1 aliphatic rings. The summed E-state index contributed by atoms with van der Waals surface area (Å²) in [4.78, 5) is 4.06. The van der Waals surface area contributed by atoms with Crippen LogP contribution >= 0.6 is 0 Å². The molecule has 0 spiro atoms. The van der Waals surface area contributed by atoms with Gasteiger partial charge in [0.25, 0.3) is 0 Å². The first-order chi connectivity index (χ1) is 8.92. The molecule has 1 fully saturated rings. The molecule has 18 heavy (non-hydrogen) atoms. The molecule has 1 atom stereocenters. The lowest BCUT2D eigenvalue weighted by Crippen LogP contribution is -2.14. The van der Waals surface area contributed by atoms with Gasteiger partial charge in [-0.3, -0.25) is 0 Å². The Morgan fingerprint density at radius 3 is 3.22 bits per heavy atom. The van der Waals surface area contributed by atoms with Crippen molar-refractivity contribution in [2.75, 3.05) is 25.1 Å². The number of benzene rings is 1. The Kier molecular flexibility index (Phi) is 3.28. The van der Waals surface area contributed by atoms with E-state index in [1.165, 1.54) is 0 Å². The van der Waals surface area contributed by atoms with Crippen molar-refractivity contribution in [3.63, 3.8) is 0 Å². The van der Waals surface area contributed by atoms with Crippen molar-refractivity contribution >= 4 is 5.69 Å². The van der Waals surface area contributed by atoms with Gasteiger partial charge in [-0.2, -0.15) is 0 Å². The maximum absolute atomic E-state index is 5.38. The first-order valence-corrected chi connectivity index (χ1v) is 6.32. The molecule has 2 aromatic rings. The summed E-state index contributed by atoms with van der Waals surface area (Å²) < 4.78 is 7.38. The molecule has 1 aromatic heterocycles. The molecule has 0 amide bonds. The second-order valence-corrected chi connectivity index (χ2v) is 4.63. The minimum Gasteiger partial charge on any atom is -0.385 e. The number of hydrogen-bond acceptors (Lipinski definition) is 3. The van der Waals surface area contributed by atoms with Gasteiger partial charge >= 0.3 is 0 Å². The maximum Gasteiger partial charge on any atom is 0.0991 e. The molecule has 3 rings (SSSR count). The van der Waals surface area contributed by atoms with E-state index in [2.05, 4.69) is 34.6 Å². The van der Waals surface area contributed by atoms with Crippen molar-refractivity contribution in [3.8, 4) is 5.69 Å². The number of nitrogens with one attached hydrogen (secondary N) is 1. The third-order valence-corrected chi connectivity index (χ3v) is 3.27. The number of imidazole rings is 1. The Hall–Kier alpha value is -1.81. The van der Waals surface area contributed by atoms with Crippen LogP contribution in [0.3, 0.4) is 0 Å². The number of nitrogens with zero attached hydrogens (tertiary/aromatic N) is 2. The maximum atomic E-state index is 5.38. The van der Waals surface area contributed by atoms with Crippen LogP contribution in [-0.4, -0.2) is 29.3 Å². The number of ether oxygens (including phenoxy) is 1. The van der Waals surface area contributed by atoms with Gasteiger partial charge in [-0.1, -0.05) is 6.07 Å². The van der Waals surface area contributed by atoms with Gasteiger partial charge in [0, 0.05) is 42.8 Å². The highest BCUT2D eigenvalue weighted by Gasteiger charge is 2.14. The monoisotopic (exact) mass is 243 g/mol. The predicted octanol–water partition coefficient (Wildman–Crippen LogP) is 2.32. The van der Waals surface area contributed by atoms with Crippen molar-refractivity contribution in [1.82, 2.24) is 9.55 Å². The molecule has 0 radical (unpaired) electrons. The fourth-order valence-electron chi connectivity index (χ4n) is 2.19. The van der Waals surface area contributed by atoms with Crippen LogP contribution in [0, 0.1) is 5.92 Å². The van der Waals surface area contributed by atoms with Crippen LogP contribution < -0.4 is 5.32 Å². The quantitative estimate of drug-likeness (QED) is 0.895. The fraction of sp³-hybridized carbons (Fsp3) is 0.357. The van der Waals surface area contributed by atoms with Crippen LogP contribution in [0.1, 0.15) is 6.42 Å². The molecule has 2 heterocycles. The second-order valence-electron chi connectivity index (χ2n) is 4.63. The largest absolute Gasteiger partial charge is 0.385 e. The topological polar surface area (TPSA) is 39.1 Å². The van der Waals surface area contributed by atoms with E-state index in [1.807, 2.05) is 17.1 Å². The molecular formula is C14H17N3O. The molecular weight excluding hydrogens is 226 g/mol. The predicted molar refractivity (Wildman–Crippen MR) is 71.0 cm³/mol. The van der Waals surface area contributed by atoms with Crippen LogP contribution in [0.2, 0.25) is 0 Å². The average molecular weight is 243 g/mol. The highest BCUT2D eigenvalue weighted by Crippen LogP contribution is 2.17. The van der Waals surface area contributed by atoms with Crippen molar-refractivity contribution < 1.29 is 4.74 Å². The number of rotatable bonds is 4.